The van der Waals surface area contributed by atoms with Gasteiger partial charge in [-0.05, 0) is 23.8 Å². The predicted molar refractivity (Wildman–Crippen MR) is 69.5 cm³/mol. The van der Waals surface area contributed by atoms with E-state index in [2.05, 4.69) is 0 Å². The van der Waals surface area contributed by atoms with Gasteiger partial charge in [0.15, 0.2) is 0 Å². The second-order valence-electron chi connectivity index (χ2n) is 4.63. The van der Waals surface area contributed by atoms with E-state index in [0.29, 0.717) is 13.1 Å². The quantitative estimate of drug-likeness (QED) is 0.802. The molecule has 2 N–H and O–H groups in total. The summed E-state index contributed by atoms with van der Waals surface area (Å²) in [5, 5.41) is 17.7. The number of rotatable bonds is 4. The lowest BCUT2D eigenvalue weighted by molar-refractivity contribution is -0.143. The maximum absolute atomic E-state index is 11.7. The second kappa shape index (κ2) is 5.56. The lowest BCUT2D eigenvalue weighted by atomic mass is 9.96. The number of hydrogen-bond acceptors (Lipinski definition) is 3. The molecule has 5 nitrogen and oxygen atoms in total. The number of amides is 1. The summed E-state index contributed by atoms with van der Waals surface area (Å²) in [4.78, 5) is 23.8. The molecule has 19 heavy (non-hydrogen) atoms. The first kappa shape index (κ1) is 13.1. The molecule has 0 bridgehead atoms. The molecule has 1 heterocycles. The van der Waals surface area contributed by atoms with Gasteiger partial charge in [0.1, 0.15) is 5.75 Å². The zero-order valence-electron chi connectivity index (χ0n) is 10.3. The van der Waals surface area contributed by atoms with E-state index in [0.717, 1.165) is 5.56 Å². The number of likely N-dealkylation sites (tertiary alicyclic amines) is 1. The number of phenols is 1. The Kier molecular flexibility index (Phi) is 3.85. The molecular formula is C14H15NO4. The topological polar surface area (TPSA) is 77.8 Å². The Morgan fingerprint density at radius 2 is 1.89 bits per heavy atom. The lowest BCUT2D eigenvalue weighted by Crippen LogP contribution is -2.49. The summed E-state index contributed by atoms with van der Waals surface area (Å²) in [6.45, 7) is 1.01. The summed E-state index contributed by atoms with van der Waals surface area (Å²) < 4.78 is 0. The number of carboxylic acid groups (broad SMARTS) is 1. The molecule has 2 rings (SSSR count). The first-order valence-corrected chi connectivity index (χ1v) is 6.02. The van der Waals surface area contributed by atoms with E-state index < -0.39 is 5.97 Å². The van der Waals surface area contributed by atoms with E-state index in [4.69, 9.17) is 10.2 Å². The second-order valence-corrected chi connectivity index (χ2v) is 4.63. The van der Waals surface area contributed by atoms with Crippen LogP contribution in [0.1, 0.15) is 12.0 Å². The van der Waals surface area contributed by atoms with Gasteiger partial charge in [-0.1, -0.05) is 12.1 Å². The van der Waals surface area contributed by atoms with Gasteiger partial charge in [0.05, 0.1) is 6.42 Å². The maximum atomic E-state index is 11.7. The van der Waals surface area contributed by atoms with Gasteiger partial charge in [-0.25, -0.2) is 0 Å². The number of phenolic OH excluding ortho intramolecular Hbond substituents is 1. The van der Waals surface area contributed by atoms with Gasteiger partial charge in [-0.3, -0.25) is 9.59 Å². The van der Waals surface area contributed by atoms with Crippen molar-refractivity contribution in [1.29, 1.82) is 0 Å². The number of aliphatic carboxylic acids is 1. The van der Waals surface area contributed by atoms with Gasteiger partial charge >= 0.3 is 5.97 Å². The van der Waals surface area contributed by atoms with Gasteiger partial charge < -0.3 is 15.1 Å². The van der Waals surface area contributed by atoms with Crippen LogP contribution in [0.3, 0.4) is 0 Å². The van der Waals surface area contributed by atoms with Crippen molar-refractivity contribution in [2.75, 3.05) is 13.1 Å². The van der Waals surface area contributed by atoms with Crippen molar-refractivity contribution >= 4 is 18.0 Å². The fourth-order valence-electron chi connectivity index (χ4n) is 1.98. The van der Waals surface area contributed by atoms with E-state index in [1.807, 2.05) is 0 Å². The number of nitrogens with zero attached hydrogens (tertiary/aromatic N) is 1. The van der Waals surface area contributed by atoms with E-state index in [1.165, 1.54) is 6.08 Å². The van der Waals surface area contributed by atoms with E-state index in [-0.39, 0.29) is 24.0 Å². The normalized spacial score (nSPS) is 15.5. The summed E-state index contributed by atoms with van der Waals surface area (Å²) in [7, 11) is 0. The first-order chi connectivity index (χ1) is 9.04. The molecule has 1 aromatic rings. The van der Waals surface area contributed by atoms with Crippen molar-refractivity contribution in [1.82, 2.24) is 4.90 Å². The predicted octanol–water partition coefficient (Wildman–Crippen LogP) is 1.34. The van der Waals surface area contributed by atoms with Crippen molar-refractivity contribution in [3.63, 3.8) is 0 Å². The molecular weight excluding hydrogens is 246 g/mol. The van der Waals surface area contributed by atoms with Crippen LogP contribution in [0.4, 0.5) is 0 Å². The number of carbonyl (C=O) groups is 2. The molecule has 0 atom stereocenters. The van der Waals surface area contributed by atoms with Crippen molar-refractivity contribution in [3.05, 3.63) is 35.9 Å². The minimum Gasteiger partial charge on any atom is -0.508 e. The Labute approximate surface area is 110 Å². The monoisotopic (exact) mass is 261 g/mol. The molecule has 1 fully saturated rings. The van der Waals surface area contributed by atoms with Crippen LogP contribution < -0.4 is 0 Å². The summed E-state index contributed by atoms with van der Waals surface area (Å²) in [6.07, 6.45) is 3.25. The Balaban J connectivity index is 1.82. The Hall–Kier alpha value is -2.30. The van der Waals surface area contributed by atoms with Gasteiger partial charge in [0.25, 0.3) is 0 Å². The van der Waals surface area contributed by atoms with Crippen molar-refractivity contribution in [2.24, 2.45) is 5.92 Å². The Morgan fingerprint density at radius 3 is 2.47 bits per heavy atom. The van der Waals surface area contributed by atoms with Crippen LogP contribution >= 0.6 is 0 Å². The molecule has 1 aromatic carbocycles. The molecule has 0 saturated carbocycles. The fourth-order valence-corrected chi connectivity index (χ4v) is 1.98. The molecule has 1 aliphatic heterocycles. The zero-order chi connectivity index (χ0) is 13.8. The molecule has 0 unspecified atom stereocenters. The van der Waals surface area contributed by atoms with Gasteiger partial charge in [0.2, 0.25) is 5.91 Å². The van der Waals surface area contributed by atoms with Crippen LogP contribution in [0, 0.1) is 5.92 Å². The zero-order valence-corrected chi connectivity index (χ0v) is 10.3. The fraction of sp³-hybridized carbons (Fsp3) is 0.286. The number of carbonyl (C=O) groups excluding carboxylic acids is 1. The van der Waals surface area contributed by atoms with E-state index in [1.54, 1.807) is 35.2 Å². The number of carboxylic acids is 1. The third-order valence-corrected chi connectivity index (χ3v) is 3.04. The summed E-state index contributed by atoms with van der Waals surface area (Å²) >= 11 is 0. The van der Waals surface area contributed by atoms with Crippen molar-refractivity contribution in [3.8, 4) is 5.75 Å². The minimum atomic E-state index is -0.822. The number of hydrogen-bond donors (Lipinski definition) is 2. The molecule has 1 saturated heterocycles. The van der Waals surface area contributed by atoms with Crippen LogP contribution in [-0.4, -0.2) is 40.1 Å². The van der Waals surface area contributed by atoms with Crippen LogP contribution in [0.5, 0.6) is 5.75 Å². The Morgan fingerprint density at radius 1 is 1.26 bits per heavy atom. The molecule has 0 aliphatic carbocycles. The molecule has 100 valence electrons. The van der Waals surface area contributed by atoms with E-state index in [9.17, 15) is 9.59 Å². The number of benzene rings is 1. The smallest absolute Gasteiger partial charge is 0.303 e. The average molecular weight is 261 g/mol. The number of aromatic hydroxyl groups is 1. The van der Waals surface area contributed by atoms with Gasteiger partial charge in [-0.15, -0.1) is 0 Å². The van der Waals surface area contributed by atoms with Gasteiger partial charge in [0, 0.05) is 25.1 Å². The summed E-state index contributed by atoms with van der Waals surface area (Å²) in [5.41, 5.74) is 0.828. The molecule has 1 aliphatic rings. The minimum absolute atomic E-state index is 0.0727. The largest absolute Gasteiger partial charge is 0.508 e. The van der Waals surface area contributed by atoms with Crippen LogP contribution in [0.15, 0.2) is 30.3 Å². The Bertz CT molecular complexity index is 501. The summed E-state index contributed by atoms with van der Waals surface area (Å²) in [5.74, 6) is -0.683. The maximum Gasteiger partial charge on any atom is 0.303 e. The first-order valence-electron chi connectivity index (χ1n) is 6.02. The average Bonchev–Trinajstić information content (AvgIpc) is 2.32. The molecule has 0 aromatic heterocycles. The van der Waals surface area contributed by atoms with Crippen molar-refractivity contribution < 1.29 is 19.8 Å². The van der Waals surface area contributed by atoms with Crippen LogP contribution in [0.2, 0.25) is 0 Å². The highest BCUT2D eigenvalue weighted by Gasteiger charge is 2.30. The molecule has 1 amide bonds. The van der Waals surface area contributed by atoms with Crippen molar-refractivity contribution in [2.45, 2.75) is 6.42 Å². The highest BCUT2D eigenvalue weighted by atomic mass is 16.4. The lowest BCUT2D eigenvalue weighted by Gasteiger charge is -2.37. The summed E-state index contributed by atoms with van der Waals surface area (Å²) in [6, 6.07) is 6.53. The van der Waals surface area contributed by atoms with Crippen LogP contribution in [0.25, 0.3) is 6.08 Å². The molecule has 0 radical (unpaired) electrons. The highest BCUT2D eigenvalue weighted by Crippen LogP contribution is 2.19. The van der Waals surface area contributed by atoms with Crippen LogP contribution in [-0.2, 0) is 9.59 Å². The third kappa shape index (κ3) is 3.58. The molecule has 5 heteroatoms. The SMILES string of the molecule is O=C(O)CC1CN(C(=O)C=Cc2ccc(O)cc2)C1. The third-order valence-electron chi connectivity index (χ3n) is 3.04. The standard InChI is InChI=1S/C14H15NO4/c16-12-4-1-10(2-5-12)3-6-13(17)15-8-11(9-15)7-14(18)19/h1-6,11,16H,7-9H2,(H,18,19). The van der Waals surface area contributed by atoms with E-state index >= 15 is 0 Å². The molecule has 0 spiro atoms. The van der Waals surface area contributed by atoms with Gasteiger partial charge in [-0.2, -0.15) is 0 Å². The highest BCUT2D eigenvalue weighted by molar-refractivity contribution is 5.92.